The summed E-state index contributed by atoms with van der Waals surface area (Å²) < 4.78 is 6.51. The normalized spacial score (nSPS) is 11.9. The summed E-state index contributed by atoms with van der Waals surface area (Å²) in [5.74, 6) is 0.745. The fourth-order valence-corrected chi connectivity index (χ4v) is 2.19. The van der Waals surface area contributed by atoms with E-state index in [9.17, 15) is 5.11 Å². The molecule has 0 aromatic heterocycles. The van der Waals surface area contributed by atoms with Crippen LogP contribution in [0.5, 0.6) is 5.75 Å². The smallest absolute Gasteiger partial charge is 0.120 e. The quantitative estimate of drug-likeness (QED) is 0.847. The summed E-state index contributed by atoms with van der Waals surface area (Å²) in [6.45, 7) is 2.75. The summed E-state index contributed by atoms with van der Waals surface area (Å²) in [5.41, 5.74) is 2.20. The zero-order chi connectivity index (χ0) is 14.4. The fraction of sp³-hybridized carbons (Fsp3) is 0.250. The van der Waals surface area contributed by atoms with E-state index in [2.05, 4.69) is 21.2 Å². The Morgan fingerprint density at radius 2 is 2.00 bits per heavy atom. The molecule has 2 aromatic rings. The van der Waals surface area contributed by atoms with Crippen LogP contribution in [0, 0.1) is 6.92 Å². The lowest BCUT2D eigenvalue weighted by atomic mass is 10.2. The highest BCUT2D eigenvalue weighted by atomic mass is 79.9. The van der Waals surface area contributed by atoms with Crippen molar-refractivity contribution < 1.29 is 9.84 Å². The first kappa shape index (κ1) is 14.9. The predicted octanol–water partition coefficient (Wildman–Crippen LogP) is 3.61. The zero-order valence-electron chi connectivity index (χ0n) is 11.3. The molecule has 0 aliphatic heterocycles. The highest BCUT2D eigenvalue weighted by Gasteiger charge is 2.06. The largest absolute Gasteiger partial charge is 0.491 e. The Balaban J connectivity index is 1.78. The van der Waals surface area contributed by atoms with Crippen LogP contribution in [0.2, 0.25) is 0 Å². The van der Waals surface area contributed by atoms with Gasteiger partial charge in [0.2, 0.25) is 0 Å². The number of hydrogen-bond donors (Lipinski definition) is 2. The second kappa shape index (κ2) is 7.31. The number of nitrogens with one attached hydrogen (secondary N) is 1. The van der Waals surface area contributed by atoms with Crippen molar-refractivity contribution in [3.05, 3.63) is 58.6 Å². The minimum absolute atomic E-state index is 0.259. The molecule has 0 aliphatic carbocycles. The van der Waals surface area contributed by atoms with Crippen LogP contribution < -0.4 is 10.1 Å². The second-order valence-electron chi connectivity index (χ2n) is 4.62. The molecule has 2 rings (SSSR count). The molecule has 0 bridgehead atoms. The maximum Gasteiger partial charge on any atom is 0.120 e. The number of para-hydroxylation sites is 1. The number of hydrogen-bond acceptors (Lipinski definition) is 3. The van der Waals surface area contributed by atoms with E-state index in [0.717, 1.165) is 21.5 Å². The molecule has 2 N–H and O–H groups in total. The third-order valence-electron chi connectivity index (χ3n) is 2.91. The van der Waals surface area contributed by atoms with E-state index < -0.39 is 6.10 Å². The van der Waals surface area contributed by atoms with E-state index in [1.54, 1.807) is 0 Å². The Morgan fingerprint density at radius 3 is 2.75 bits per heavy atom. The van der Waals surface area contributed by atoms with Gasteiger partial charge in [-0.05, 0) is 36.8 Å². The van der Waals surface area contributed by atoms with Gasteiger partial charge in [0.1, 0.15) is 18.5 Å². The fourth-order valence-electron chi connectivity index (χ4n) is 1.81. The lowest BCUT2D eigenvalue weighted by molar-refractivity contribution is 0.117. The molecule has 1 atom stereocenters. The standard InChI is InChI=1S/C16H18BrNO2/c1-12-5-2-3-8-16(12)18-10-14(19)11-20-15-7-4-6-13(17)9-15/h2-9,14,18-19H,10-11H2,1H3. The van der Waals surface area contributed by atoms with Crippen LogP contribution in [0.4, 0.5) is 5.69 Å². The molecular weight excluding hydrogens is 318 g/mol. The Bertz CT molecular complexity index is 560. The van der Waals surface area contributed by atoms with Gasteiger partial charge in [0.15, 0.2) is 0 Å². The van der Waals surface area contributed by atoms with Gasteiger partial charge >= 0.3 is 0 Å². The van der Waals surface area contributed by atoms with E-state index in [4.69, 9.17) is 4.74 Å². The number of ether oxygens (including phenoxy) is 1. The van der Waals surface area contributed by atoms with Crippen molar-refractivity contribution in [1.29, 1.82) is 0 Å². The molecule has 1 unspecified atom stereocenters. The van der Waals surface area contributed by atoms with E-state index in [1.807, 2.05) is 55.5 Å². The monoisotopic (exact) mass is 335 g/mol. The van der Waals surface area contributed by atoms with Crippen LogP contribution in [0.15, 0.2) is 53.0 Å². The van der Waals surface area contributed by atoms with Gasteiger partial charge in [0.05, 0.1) is 0 Å². The lowest BCUT2D eigenvalue weighted by Crippen LogP contribution is -2.26. The SMILES string of the molecule is Cc1ccccc1NCC(O)COc1cccc(Br)c1. The number of benzene rings is 2. The average Bonchev–Trinajstić information content (AvgIpc) is 2.44. The molecule has 0 amide bonds. The van der Waals surface area contributed by atoms with Crippen molar-refractivity contribution in [2.45, 2.75) is 13.0 Å². The van der Waals surface area contributed by atoms with Gasteiger partial charge in [0, 0.05) is 16.7 Å². The van der Waals surface area contributed by atoms with Crippen molar-refractivity contribution in [3.8, 4) is 5.75 Å². The minimum Gasteiger partial charge on any atom is -0.491 e. The highest BCUT2D eigenvalue weighted by Crippen LogP contribution is 2.18. The van der Waals surface area contributed by atoms with Crippen molar-refractivity contribution in [1.82, 2.24) is 0 Å². The van der Waals surface area contributed by atoms with Gasteiger partial charge in [-0.3, -0.25) is 0 Å². The summed E-state index contributed by atoms with van der Waals surface area (Å²) in [4.78, 5) is 0. The van der Waals surface area contributed by atoms with Crippen LogP contribution in [-0.4, -0.2) is 24.4 Å². The van der Waals surface area contributed by atoms with Crippen molar-refractivity contribution in [2.24, 2.45) is 0 Å². The number of anilines is 1. The van der Waals surface area contributed by atoms with Crippen molar-refractivity contribution >= 4 is 21.6 Å². The number of aliphatic hydroxyl groups is 1. The average molecular weight is 336 g/mol. The van der Waals surface area contributed by atoms with Crippen LogP contribution in [0.3, 0.4) is 0 Å². The molecule has 0 heterocycles. The summed E-state index contributed by atoms with van der Waals surface area (Å²) in [6, 6.07) is 15.6. The Kier molecular flexibility index (Phi) is 5.44. The Morgan fingerprint density at radius 1 is 1.20 bits per heavy atom. The number of halogens is 1. The topological polar surface area (TPSA) is 41.5 Å². The van der Waals surface area contributed by atoms with Gasteiger partial charge in [-0.25, -0.2) is 0 Å². The van der Waals surface area contributed by atoms with Gasteiger partial charge in [-0.15, -0.1) is 0 Å². The molecule has 0 fully saturated rings. The van der Waals surface area contributed by atoms with Crippen LogP contribution >= 0.6 is 15.9 Å². The zero-order valence-corrected chi connectivity index (χ0v) is 12.9. The van der Waals surface area contributed by atoms with E-state index in [1.165, 1.54) is 0 Å². The van der Waals surface area contributed by atoms with E-state index in [0.29, 0.717) is 6.54 Å². The number of rotatable bonds is 6. The van der Waals surface area contributed by atoms with Crippen molar-refractivity contribution in [2.75, 3.05) is 18.5 Å². The summed E-state index contributed by atoms with van der Waals surface area (Å²) >= 11 is 3.38. The first-order valence-electron chi connectivity index (χ1n) is 6.51. The number of aliphatic hydroxyl groups excluding tert-OH is 1. The molecule has 0 saturated heterocycles. The van der Waals surface area contributed by atoms with Crippen LogP contribution in [-0.2, 0) is 0 Å². The van der Waals surface area contributed by atoms with E-state index >= 15 is 0 Å². The Labute approximate surface area is 127 Å². The van der Waals surface area contributed by atoms with Crippen molar-refractivity contribution in [3.63, 3.8) is 0 Å². The number of aryl methyl sites for hydroxylation is 1. The van der Waals surface area contributed by atoms with Gasteiger partial charge in [0.25, 0.3) is 0 Å². The summed E-state index contributed by atoms with van der Waals surface area (Å²) in [5, 5.41) is 13.2. The Hall–Kier alpha value is -1.52. The maximum atomic E-state index is 9.93. The molecule has 0 radical (unpaired) electrons. The molecule has 4 heteroatoms. The third-order valence-corrected chi connectivity index (χ3v) is 3.40. The molecule has 2 aromatic carbocycles. The molecule has 20 heavy (non-hydrogen) atoms. The highest BCUT2D eigenvalue weighted by molar-refractivity contribution is 9.10. The maximum absolute atomic E-state index is 9.93. The molecular formula is C16H18BrNO2. The molecule has 0 aliphatic rings. The van der Waals surface area contributed by atoms with E-state index in [-0.39, 0.29) is 6.61 Å². The second-order valence-corrected chi connectivity index (χ2v) is 5.53. The first-order chi connectivity index (χ1) is 9.65. The summed E-state index contributed by atoms with van der Waals surface area (Å²) in [7, 11) is 0. The first-order valence-corrected chi connectivity index (χ1v) is 7.30. The van der Waals surface area contributed by atoms with Crippen LogP contribution in [0.25, 0.3) is 0 Å². The third kappa shape index (κ3) is 4.54. The molecule has 0 spiro atoms. The lowest BCUT2D eigenvalue weighted by Gasteiger charge is -2.15. The predicted molar refractivity (Wildman–Crippen MR) is 85.3 cm³/mol. The van der Waals surface area contributed by atoms with Gasteiger partial charge in [-0.1, -0.05) is 40.2 Å². The van der Waals surface area contributed by atoms with Gasteiger partial charge in [-0.2, -0.15) is 0 Å². The summed E-state index contributed by atoms with van der Waals surface area (Å²) in [6.07, 6.45) is -0.561. The molecule has 3 nitrogen and oxygen atoms in total. The van der Waals surface area contributed by atoms with Gasteiger partial charge < -0.3 is 15.2 Å². The molecule has 0 saturated carbocycles. The minimum atomic E-state index is -0.561. The van der Waals surface area contributed by atoms with Crippen LogP contribution in [0.1, 0.15) is 5.56 Å². The molecule has 106 valence electrons.